The molecule has 6 heteroatoms. The zero-order valence-corrected chi connectivity index (χ0v) is 14.8. The fraction of sp³-hybridized carbons (Fsp3) is 0.100. The van der Waals surface area contributed by atoms with Gasteiger partial charge in [0.2, 0.25) is 0 Å². The summed E-state index contributed by atoms with van der Waals surface area (Å²) in [5.74, 6) is -0.0448. The summed E-state index contributed by atoms with van der Waals surface area (Å²) in [4.78, 5) is 27.9. The Kier molecular flexibility index (Phi) is 4.66. The number of thiazole rings is 1. The van der Waals surface area contributed by atoms with Crippen LogP contribution in [0.25, 0.3) is 11.0 Å². The van der Waals surface area contributed by atoms with Gasteiger partial charge in [0.05, 0.1) is 17.6 Å². The van der Waals surface area contributed by atoms with Crippen LogP contribution in [0.15, 0.2) is 72.5 Å². The summed E-state index contributed by atoms with van der Waals surface area (Å²) in [5, 5.41) is 2.83. The molecule has 2 aromatic heterocycles. The number of amides is 1. The van der Waals surface area contributed by atoms with Gasteiger partial charge in [-0.2, -0.15) is 0 Å². The summed E-state index contributed by atoms with van der Waals surface area (Å²) in [6.45, 7) is 1.00. The maximum absolute atomic E-state index is 13.2. The topological polar surface area (TPSA) is 59.0 Å². The maximum Gasteiger partial charge on any atom is 0.254 e. The van der Waals surface area contributed by atoms with Crippen molar-refractivity contribution in [1.29, 1.82) is 0 Å². The fourth-order valence-electron chi connectivity index (χ4n) is 2.78. The van der Waals surface area contributed by atoms with E-state index in [1.807, 2.05) is 46.7 Å². The van der Waals surface area contributed by atoms with E-state index in [0.29, 0.717) is 24.2 Å². The van der Waals surface area contributed by atoms with Crippen LogP contribution in [0.1, 0.15) is 20.9 Å². The standard InChI is InChI=1S/C20H16N4OS/c25-20(16-6-7-17-18(12-16)22-9-8-21-17)24(14-19-23-10-11-26-19)13-15-4-2-1-3-5-15/h1-12H,13-14H2. The number of aromatic nitrogens is 3. The number of nitrogens with zero attached hydrogens (tertiary/aromatic N) is 4. The van der Waals surface area contributed by atoms with Crippen LogP contribution in [0, 0.1) is 0 Å². The number of hydrogen-bond donors (Lipinski definition) is 0. The molecule has 0 saturated carbocycles. The summed E-state index contributed by atoms with van der Waals surface area (Å²) in [6.07, 6.45) is 5.04. The Morgan fingerprint density at radius 2 is 1.69 bits per heavy atom. The van der Waals surface area contributed by atoms with Gasteiger partial charge in [-0.25, -0.2) is 4.98 Å². The van der Waals surface area contributed by atoms with Crippen molar-refractivity contribution < 1.29 is 4.79 Å². The van der Waals surface area contributed by atoms with E-state index in [9.17, 15) is 4.79 Å². The number of fused-ring (bicyclic) bond motifs is 1. The molecule has 0 aliphatic carbocycles. The largest absolute Gasteiger partial charge is 0.328 e. The first-order valence-corrected chi connectivity index (χ1v) is 9.10. The molecule has 5 nitrogen and oxygen atoms in total. The van der Waals surface area contributed by atoms with E-state index >= 15 is 0 Å². The van der Waals surface area contributed by atoms with Crippen LogP contribution in [0.3, 0.4) is 0 Å². The fourth-order valence-corrected chi connectivity index (χ4v) is 3.41. The van der Waals surface area contributed by atoms with Crippen LogP contribution in [0.2, 0.25) is 0 Å². The molecule has 0 radical (unpaired) electrons. The minimum atomic E-state index is -0.0448. The van der Waals surface area contributed by atoms with Crippen LogP contribution in [-0.4, -0.2) is 25.8 Å². The van der Waals surface area contributed by atoms with Crippen molar-refractivity contribution in [3.63, 3.8) is 0 Å². The monoisotopic (exact) mass is 360 g/mol. The lowest BCUT2D eigenvalue weighted by molar-refractivity contribution is 0.0730. The van der Waals surface area contributed by atoms with E-state index in [1.165, 1.54) is 0 Å². The Labute approximate surface area is 155 Å². The second kappa shape index (κ2) is 7.41. The molecule has 2 aromatic carbocycles. The molecule has 4 aromatic rings. The van der Waals surface area contributed by atoms with Crippen LogP contribution < -0.4 is 0 Å². The van der Waals surface area contributed by atoms with E-state index in [1.54, 1.807) is 42.1 Å². The van der Waals surface area contributed by atoms with Crippen LogP contribution >= 0.6 is 11.3 Å². The maximum atomic E-state index is 13.2. The summed E-state index contributed by atoms with van der Waals surface area (Å²) in [7, 11) is 0. The average molecular weight is 360 g/mol. The van der Waals surface area contributed by atoms with Crippen molar-refractivity contribution >= 4 is 28.3 Å². The lowest BCUT2D eigenvalue weighted by Crippen LogP contribution is -2.30. The first-order valence-electron chi connectivity index (χ1n) is 8.22. The second-order valence-corrected chi connectivity index (χ2v) is 6.81. The second-order valence-electron chi connectivity index (χ2n) is 5.83. The third-order valence-electron chi connectivity index (χ3n) is 4.03. The van der Waals surface area contributed by atoms with E-state index < -0.39 is 0 Å². The number of benzene rings is 2. The van der Waals surface area contributed by atoms with E-state index in [4.69, 9.17) is 0 Å². The highest BCUT2D eigenvalue weighted by molar-refractivity contribution is 7.09. The van der Waals surface area contributed by atoms with Gasteiger partial charge in [0.15, 0.2) is 0 Å². The Bertz CT molecular complexity index is 1020. The van der Waals surface area contributed by atoms with Crippen molar-refractivity contribution in [1.82, 2.24) is 19.9 Å². The summed E-state index contributed by atoms with van der Waals surface area (Å²) >= 11 is 1.55. The molecule has 0 aliphatic heterocycles. The molecule has 0 bridgehead atoms. The minimum absolute atomic E-state index is 0.0448. The number of carbonyl (C=O) groups is 1. The Morgan fingerprint density at radius 1 is 0.885 bits per heavy atom. The van der Waals surface area contributed by atoms with E-state index in [2.05, 4.69) is 15.0 Å². The zero-order valence-electron chi connectivity index (χ0n) is 13.9. The third kappa shape index (κ3) is 3.60. The molecular formula is C20H16N4OS. The van der Waals surface area contributed by atoms with Gasteiger partial charge in [-0.15, -0.1) is 11.3 Å². The highest BCUT2D eigenvalue weighted by atomic mass is 32.1. The molecule has 0 aliphatic rings. The molecule has 0 N–H and O–H groups in total. The molecule has 0 saturated heterocycles. The number of carbonyl (C=O) groups excluding carboxylic acids is 1. The van der Waals surface area contributed by atoms with Gasteiger partial charge in [0, 0.05) is 36.1 Å². The minimum Gasteiger partial charge on any atom is -0.328 e. The molecule has 128 valence electrons. The van der Waals surface area contributed by atoms with Crippen LogP contribution in [0.5, 0.6) is 0 Å². The predicted molar refractivity (Wildman–Crippen MR) is 102 cm³/mol. The third-order valence-corrected chi connectivity index (χ3v) is 4.79. The molecule has 0 fully saturated rings. The molecule has 26 heavy (non-hydrogen) atoms. The van der Waals surface area contributed by atoms with Gasteiger partial charge in [-0.1, -0.05) is 30.3 Å². The highest BCUT2D eigenvalue weighted by Gasteiger charge is 2.18. The zero-order chi connectivity index (χ0) is 17.8. The molecule has 2 heterocycles. The van der Waals surface area contributed by atoms with Gasteiger partial charge in [-0.3, -0.25) is 14.8 Å². The predicted octanol–water partition coefficient (Wildman–Crippen LogP) is 3.93. The normalized spacial score (nSPS) is 10.8. The number of hydrogen-bond acceptors (Lipinski definition) is 5. The van der Waals surface area contributed by atoms with Gasteiger partial charge < -0.3 is 4.90 Å². The van der Waals surface area contributed by atoms with Crippen molar-refractivity contribution in [2.45, 2.75) is 13.1 Å². The van der Waals surface area contributed by atoms with E-state index in [0.717, 1.165) is 16.1 Å². The van der Waals surface area contributed by atoms with E-state index in [-0.39, 0.29) is 5.91 Å². The molecule has 0 atom stereocenters. The van der Waals surface area contributed by atoms with Crippen molar-refractivity contribution in [3.8, 4) is 0 Å². The highest BCUT2D eigenvalue weighted by Crippen LogP contribution is 2.18. The van der Waals surface area contributed by atoms with Crippen molar-refractivity contribution in [2.24, 2.45) is 0 Å². The smallest absolute Gasteiger partial charge is 0.254 e. The quantitative estimate of drug-likeness (QED) is 0.541. The Hall–Kier alpha value is -3.12. The summed E-state index contributed by atoms with van der Waals surface area (Å²) in [5.41, 5.74) is 3.18. The lowest BCUT2D eigenvalue weighted by atomic mass is 10.1. The number of rotatable bonds is 5. The van der Waals surface area contributed by atoms with Gasteiger partial charge in [0.1, 0.15) is 5.01 Å². The summed E-state index contributed by atoms with van der Waals surface area (Å²) in [6, 6.07) is 15.4. The Morgan fingerprint density at radius 3 is 2.46 bits per heavy atom. The molecule has 1 amide bonds. The lowest BCUT2D eigenvalue weighted by Gasteiger charge is -2.22. The first-order chi connectivity index (χ1) is 12.8. The van der Waals surface area contributed by atoms with Crippen molar-refractivity contribution in [2.75, 3.05) is 0 Å². The van der Waals surface area contributed by atoms with Gasteiger partial charge in [0.25, 0.3) is 5.91 Å². The van der Waals surface area contributed by atoms with Crippen LogP contribution in [-0.2, 0) is 13.1 Å². The van der Waals surface area contributed by atoms with Crippen molar-refractivity contribution in [3.05, 3.63) is 88.6 Å². The molecule has 0 spiro atoms. The van der Waals surface area contributed by atoms with Gasteiger partial charge >= 0.3 is 0 Å². The molecule has 0 unspecified atom stereocenters. The summed E-state index contributed by atoms with van der Waals surface area (Å²) < 4.78 is 0. The first kappa shape index (κ1) is 16.4. The van der Waals surface area contributed by atoms with Crippen LogP contribution in [0.4, 0.5) is 0 Å². The Balaban J connectivity index is 1.65. The molecular weight excluding hydrogens is 344 g/mol. The average Bonchev–Trinajstić information content (AvgIpc) is 3.20. The SMILES string of the molecule is O=C(c1ccc2nccnc2c1)N(Cc1ccccc1)Cc1nccs1. The molecule has 4 rings (SSSR count). The van der Waals surface area contributed by atoms with Gasteiger partial charge in [-0.05, 0) is 23.8 Å².